The number of nitrogens with zero attached hydrogens (tertiary/aromatic N) is 1. The van der Waals surface area contributed by atoms with Crippen molar-refractivity contribution in [2.45, 2.75) is 0 Å². The first-order valence-electron chi connectivity index (χ1n) is 8.58. The molecule has 8 heteroatoms. The van der Waals surface area contributed by atoms with Crippen LogP contribution in [0.1, 0.15) is 16.1 Å². The van der Waals surface area contributed by atoms with E-state index in [2.05, 4.69) is 26.0 Å². The number of nitrogens with one attached hydrogen (secondary N) is 1. The van der Waals surface area contributed by atoms with Gasteiger partial charge in [-0.25, -0.2) is 4.79 Å². The van der Waals surface area contributed by atoms with E-state index in [0.717, 1.165) is 4.47 Å². The van der Waals surface area contributed by atoms with E-state index >= 15 is 0 Å². The maximum absolute atomic E-state index is 12.4. The van der Waals surface area contributed by atoms with Crippen molar-refractivity contribution < 1.29 is 18.7 Å². The van der Waals surface area contributed by atoms with Gasteiger partial charge in [-0.2, -0.15) is 5.26 Å². The number of ether oxygens (including phenoxy) is 1. The summed E-state index contributed by atoms with van der Waals surface area (Å²) in [6, 6.07) is 16.9. The Morgan fingerprint density at radius 1 is 1.17 bits per heavy atom. The molecule has 6 nitrogen and oxygen atoms in total. The van der Waals surface area contributed by atoms with Crippen molar-refractivity contribution in [2.75, 3.05) is 12.4 Å². The molecule has 0 aliphatic heterocycles. The molecule has 0 aliphatic carbocycles. The number of methoxy groups -OCH3 is 1. The second-order valence-electron chi connectivity index (χ2n) is 6.02. The molecule has 1 amide bonds. The minimum Gasteiger partial charge on any atom is -0.465 e. The predicted octanol–water partition coefficient (Wildman–Crippen LogP) is 5.69. The van der Waals surface area contributed by atoms with Gasteiger partial charge in [0.05, 0.1) is 17.7 Å². The normalized spacial score (nSPS) is 10.9. The van der Waals surface area contributed by atoms with E-state index < -0.39 is 11.9 Å². The van der Waals surface area contributed by atoms with E-state index in [1.165, 1.54) is 19.3 Å². The molecule has 0 unspecified atom stereocenters. The minimum absolute atomic E-state index is 0.113. The average molecular weight is 486 g/mol. The van der Waals surface area contributed by atoms with E-state index in [1.807, 2.05) is 6.07 Å². The standard InChI is InChI=1S/C22H14BrClN2O4/c1-29-22(28)18-8-2-13(11-19(18)24)20-9-7-17(30-20)10-14(12-25)21(27)26-16-5-3-15(23)4-6-16/h2-11H,1H3,(H,26,27)/b14-10-. The summed E-state index contributed by atoms with van der Waals surface area (Å²) in [5, 5.41) is 12.2. The topological polar surface area (TPSA) is 92.3 Å². The predicted molar refractivity (Wildman–Crippen MR) is 117 cm³/mol. The summed E-state index contributed by atoms with van der Waals surface area (Å²) in [5.74, 6) is -0.306. The number of carbonyl (C=O) groups excluding carboxylic acids is 2. The third-order valence-corrected chi connectivity index (χ3v) is 4.88. The fourth-order valence-electron chi connectivity index (χ4n) is 2.55. The van der Waals surface area contributed by atoms with Gasteiger partial charge in [-0.1, -0.05) is 33.6 Å². The maximum atomic E-state index is 12.4. The van der Waals surface area contributed by atoms with Crippen LogP contribution in [0.25, 0.3) is 17.4 Å². The van der Waals surface area contributed by atoms with Crippen LogP contribution in [0.4, 0.5) is 5.69 Å². The van der Waals surface area contributed by atoms with Gasteiger partial charge in [0.15, 0.2) is 0 Å². The van der Waals surface area contributed by atoms with Gasteiger partial charge in [-0.15, -0.1) is 0 Å². The second kappa shape index (κ2) is 9.44. The molecule has 0 aliphatic rings. The number of amides is 1. The Bertz CT molecular complexity index is 1180. The van der Waals surface area contributed by atoms with Gasteiger partial charge < -0.3 is 14.5 Å². The van der Waals surface area contributed by atoms with Crippen molar-refractivity contribution in [3.05, 3.63) is 81.0 Å². The molecular formula is C22H14BrClN2O4. The summed E-state index contributed by atoms with van der Waals surface area (Å²) in [4.78, 5) is 24.0. The van der Waals surface area contributed by atoms with Crippen LogP contribution in [-0.2, 0) is 9.53 Å². The second-order valence-corrected chi connectivity index (χ2v) is 7.34. The number of benzene rings is 2. The molecule has 1 aromatic heterocycles. The van der Waals surface area contributed by atoms with Crippen LogP contribution in [-0.4, -0.2) is 19.0 Å². The van der Waals surface area contributed by atoms with Gasteiger partial charge in [0.2, 0.25) is 0 Å². The highest BCUT2D eigenvalue weighted by atomic mass is 79.9. The Labute approximate surface area is 185 Å². The zero-order valence-corrected chi connectivity index (χ0v) is 18.0. The fraction of sp³-hybridized carbons (Fsp3) is 0.0455. The monoisotopic (exact) mass is 484 g/mol. The lowest BCUT2D eigenvalue weighted by Crippen LogP contribution is -2.13. The Kier molecular flexibility index (Phi) is 6.72. The highest BCUT2D eigenvalue weighted by Crippen LogP contribution is 2.28. The van der Waals surface area contributed by atoms with E-state index in [0.29, 0.717) is 22.8 Å². The van der Waals surface area contributed by atoms with Crippen LogP contribution in [0.2, 0.25) is 5.02 Å². The van der Waals surface area contributed by atoms with Crippen molar-refractivity contribution in [2.24, 2.45) is 0 Å². The summed E-state index contributed by atoms with van der Waals surface area (Å²) < 4.78 is 11.3. The third-order valence-electron chi connectivity index (χ3n) is 4.04. The molecular weight excluding hydrogens is 472 g/mol. The number of anilines is 1. The van der Waals surface area contributed by atoms with Gasteiger partial charge in [0.25, 0.3) is 5.91 Å². The van der Waals surface area contributed by atoms with Gasteiger partial charge in [0.1, 0.15) is 23.2 Å². The van der Waals surface area contributed by atoms with E-state index in [-0.39, 0.29) is 16.2 Å². The van der Waals surface area contributed by atoms with Gasteiger partial charge in [0, 0.05) is 21.8 Å². The zero-order chi connectivity index (χ0) is 21.7. The molecule has 3 rings (SSSR count). The maximum Gasteiger partial charge on any atom is 0.339 e. The molecule has 30 heavy (non-hydrogen) atoms. The van der Waals surface area contributed by atoms with Crippen LogP contribution < -0.4 is 5.32 Å². The number of rotatable bonds is 5. The van der Waals surface area contributed by atoms with Crippen molar-refractivity contribution >= 4 is 51.2 Å². The fourth-order valence-corrected chi connectivity index (χ4v) is 3.07. The lowest BCUT2D eigenvalue weighted by atomic mass is 10.1. The first kappa shape index (κ1) is 21.4. The van der Waals surface area contributed by atoms with E-state index in [4.69, 9.17) is 16.0 Å². The van der Waals surface area contributed by atoms with Crippen molar-refractivity contribution in [1.82, 2.24) is 0 Å². The molecule has 150 valence electrons. The summed E-state index contributed by atoms with van der Waals surface area (Å²) >= 11 is 9.46. The third kappa shape index (κ3) is 4.98. The summed E-state index contributed by atoms with van der Waals surface area (Å²) in [5.41, 5.74) is 1.32. The van der Waals surface area contributed by atoms with Crippen LogP contribution in [0.3, 0.4) is 0 Å². The number of nitriles is 1. The molecule has 3 aromatic rings. The Morgan fingerprint density at radius 2 is 1.90 bits per heavy atom. The van der Waals surface area contributed by atoms with Crippen LogP contribution in [0, 0.1) is 11.3 Å². The van der Waals surface area contributed by atoms with E-state index in [9.17, 15) is 14.9 Å². The van der Waals surface area contributed by atoms with Crippen molar-refractivity contribution in [3.63, 3.8) is 0 Å². The average Bonchev–Trinajstić information content (AvgIpc) is 3.21. The molecule has 0 bridgehead atoms. The quantitative estimate of drug-likeness (QED) is 0.284. The molecule has 2 aromatic carbocycles. The minimum atomic E-state index is -0.553. The van der Waals surface area contributed by atoms with Crippen molar-refractivity contribution in [1.29, 1.82) is 5.26 Å². The first-order chi connectivity index (χ1) is 14.4. The lowest BCUT2D eigenvalue weighted by molar-refractivity contribution is -0.112. The Hall–Kier alpha value is -3.34. The first-order valence-corrected chi connectivity index (χ1v) is 9.75. The Morgan fingerprint density at radius 3 is 2.53 bits per heavy atom. The number of furan rings is 1. The van der Waals surface area contributed by atoms with Crippen LogP contribution in [0.5, 0.6) is 0 Å². The molecule has 0 atom stereocenters. The van der Waals surface area contributed by atoms with Gasteiger partial charge in [-0.3, -0.25) is 4.79 Å². The summed E-state index contributed by atoms with van der Waals surface area (Å²) in [6.45, 7) is 0. The molecule has 1 heterocycles. The SMILES string of the molecule is COC(=O)c1ccc(-c2ccc(/C=C(/C#N)C(=O)Nc3ccc(Br)cc3)o2)cc1Cl. The van der Waals surface area contributed by atoms with Crippen molar-refractivity contribution in [3.8, 4) is 17.4 Å². The number of carbonyl (C=O) groups is 2. The molecule has 0 fully saturated rings. The highest BCUT2D eigenvalue weighted by Gasteiger charge is 2.14. The molecule has 0 radical (unpaired) electrons. The lowest BCUT2D eigenvalue weighted by Gasteiger charge is -2.04. The van der Waals surface area contributed by atoms with Gasteiger partial charge >= 0.3 is 5.97 Å². The molecule has 1 N–H and O–H groups in total. The molecule has 0 spiro atoms. The smallest absolute Gasteiger partial charge is 0.339 e. The summed E-state index contributed by atoms with van der Waals surface area (Å²) in [6.07, 6.45) is 1.35. The number of esters is 1. The largest absolute Gasteiger partial charge is 0.465 e. The number of halogens is 2. The zero-order valence-electron chi connectivity index (χ0n) is 15.6. The highest BCUT2D eigenvalue weighted by molar-refractivity contribution is 9.10. The van der Waals surface area contributed by atoms with Gasteiger partial charge in [-0.05, 0) is 48.5 Å². The summed E-state index contributed by atoms with van der Waals surface area (Å²) in [7, 11) is 1.28. The molecule has 0 saturated heterocycles. The number of hydrogen-bond acceptors (Lipinski definition) is 5. The number of hydrogen-bond donors (Lipinski definition) is 1. The van der Waals surface area contributed by atoms with Crippen LogP contribution in [0.15, 0.2) is 69.1 Å². The van der Waals surface area contributed by atoms with Crippen LogP contribution >= 0.6 is 27.5 Å². The Balaban J connectivity index is 1.80. The molecule has 0 saturated carbocycles. The van der Waals surface area contributed by atoms with E-state index in [1.54, 1.807) is 48.5 Å².